The van der Waals surface area contributed by atoms with E-state index in [1.807, 2.05) is 0 Å². The van der Waals surface area contributed by atoms with E-state index in [1.54, 1.807) is 0 Å². The molecule has 2 N–H and O–H groups in total. The Balaban J connectivity index is 2.00. The van der Waals surface area contributed by atoms with Crippen molar-refractivity contribution in [1.29, 1.82) is 0 Å². The molecule has 0 bridgehead atoms. The Morgan fingerprint density at radius 3 is 2.48 bits per heavy atom. The number of carboxylic acids is 1. The summed E-state index contributed by atoms with van der Waals surface area (Å²) < 4.78 is 37.9. The number of sulfone groups is 1. The Morgan fingerprint density at radius 1 is 1.26 bits per heavy atom. The molecule has 1 aliphatic rings. The van der Waals surface area contributed by atoms with Crippen LogP contribution in [-0.2, 0) is 25.8 Å². The summed E-state index contributed by atoms with van der Waals surface area (Å²) in [6.45, 7) is 0. The number of anilines is 1. The molecule has 23 heavy (non-hydrogen) atoms. The Hall–Kier alpha value is -1.96. The van der Waals surface area contributed by atoms with E-state index < -0.39 is 45.0 Å². The second-order valence-electron chi connectivity index (χ2n) is 5.64. The lowest BCUT2D eigenvalue weighted by Crippen LogP contribution is -2.29. The number of carbonyl (C=O) groups excluding carboxylic acids is 1. The number of halogens is 1. The Morgan fingerprint density at radius 2 is 1.91 bits per heavy atom. The zero-order chi connectivity index (χ0) is 17.0. The quantitative estimate of drug-likeness (QED) is 0.819. The molecule has 0 unspecified atom stereocenters. The lowest BCUT2D eigenvalue weighted by molar-refractivity contribution is -0.136. The highest BCUT2D eigenvalue weighted by atomic mass is 32.2. The minimum Gasteiger partial charge on any atom is -0.481 e. The molecule has 0 spiro atoms. The molecule has 1 aromatic carbocycles. The van der Waals surface area contributed by atoms with Crippen LogP contribution in [0.2, 0.25) is 0 Å². The van der Waals surface area contributed by atoms with E-state index in [-0.39, 0.29) is 11.3 Å². The van der Waals surface area contributed by atoms with Crippen molar-refractivity contribution in [2.24, 2.45) is 0 Å². The van der Waals surface area contributed by atoms with Gasteiger partial charge in [0.05, 0.1) is 11.7 Å². The van der Waals surface area contributed by atoms with Gasteiger partial charge in [-0.05, 0) is 30.5 Å². The molecule has 1 aliphatic carbocycles. The molecular weight excluding hydrogens is 325 g/mol. The molecule has 0 heterocycles. The Labute approximate surface area is 133 Å². The monoisotopic (exact) mass is 343 g/mol. The average Bonchev–Trinajstić information content (AvgIpc) is 2.95. The molecule has 0 atom stereocenters. The zero-order valence-corrected chi connectivity index (χ0v) is 13.2. The summed E-state index contributed by atoms with van der Waals surface area (Å²) in [5.74, 6) is -3.27. The van der Waals surface area contributed by atoms with Gasteiger partial charge in [-0.1, -0.05) is 18.9 Å². The first-order valence-corrected chi connectivity index (χ1v) is 9.01. The minimum absolute atomic E-state index is 0.00549. The van der Waals surface area contributed by atoms with E-state index in [4.69, 9.17) is 5.11 Å². The predicted molar refractivity (Wildman–Crippen MR) is 82.4 cm³/mol. The average molecular weight is 343 g/mol. The van der Waals surface area contributed by atoms with Gasteiger partial charge in [0.15, 0.2) is 9.84 Å². The van der Waals surface area contributed by atoms with Crippen LogP contribution in [0.15, 0.2) is 18.2 Å². The molecular formula is C15H18FNO5S. The maximum atomic E-state index is 13.7. The fraction of sp³-hybridized carbons (Fsp3) is 0.467. The van der Waals surface area contributed by atoms with Crippen LogP contribution in [0.3, 0.4) is 0 Å². The number of aliphatic carboxylic acids is 1. The van der Waals surface area contributed by atoms with Crippen LogP contribution in [0, 0.1) is 5.82 Å². The summed E-state index contributed by atoms with van der Waals surface area (Å²) in [7, 11) is -3.50. The highest BCUT2D eigenvalue weighted by molar-refractivity contribution is 7.92. The van der Waals surface area contributed by atoms with Gasteiger partial charge in [-0.2, -0.15) is 0 Å². The van der Waals surface area contributed by atoms with Gasteiger partial charge in [0.2, 0.25) is 5.91 Å². The van der Waals surface area contributed by atoms with Crippen LogP contribution in [0.4, 0.5) is 10.1 Å². The van der Waals surface area contributed by atoms with Crippen molar-refractivity contribution < 1.29 is 27.5 Å². The van der Waals surface area contributed by atoms with Crippen molar-refractivity contribution >= 4 is 27.4 Å². The van der Waals surface area contributed by atoms with Crippen LogP contribution >= 0.6 is 0 Å². The highest BCUT2D eigenvalue weighted by Gasteiger charge is 2.30. The van der Waals surface area contributed by atoms with E-state index in [0.29, 0.717) is 12.8 Å². The normalized spacial score (nSPS) is 15.5. The van der Waals surface area contributed by atoms with Crippen molar-refractivity contribution in [3.63, 3.8) is 0 Å². The van der Waals surface area contributed by atoms with E-state index in [1.165, 1.54) is 12.1 Å². The van der Waals surface area contributed by atoms with Gasteiger partial charge in [-0.15, -0.1) is 0 Å². The molecule has 6 nitrogen and oxygen atoms in total. The Bertz CT molecular complexity index is 711. The number of nitrogens with one attached hydrogen (secondary N) is 1. The smallest absolute Gasteiger partial charge is 0.307 e. The largest absolute Gasteiger partial charge is 0.481 e. The Kier molecular flexibility index (Phi) is 5.35. The number of amides is 1. The third-order valence-corrected chi connectivity index (χ3v) is 5.97. The van der Waals surface area contributed by atoms with Gasteiger partial charge in [-0.3, -0.25) is 9.59 Å². The topological polar surface area (TPSA) is 101 Å². The summed E-state index contributed by atoms with van der Waals surface area (Å²) in [6, 6.07) is 3.59. The summed E-state index contributed by atoms with van der Waals surface area (Å²) in [6.07, 6.45) is 2.39. The van der Waals surface area contributed by atoms with Crippen molar-refractivity contribution in [2.75, 3.05) is 11.1 Å². The summed E-state index contributed by atoms with van der Waals surface area (Å²) in [4.78, 5) is 22.4. The van der Waals surface area contributed by atoms with Gasteiger partial charge in [0.1, 0.15) is 11.6 Å². The molecule has 1 saturated carbocycles. The molecule has 1 amide bonds. The van der Waals surface area contributed by atoms with Crippen LogP contribution in [0.5, 0.6) is 0 Å². The second-order valence-corrected chi connectivity index (χ2v) is 7.92. The maximum absolute atomic E-state index is 13.7. The molecule has 0 aromatic heterocycles. The molecule has 8 heteroatoms. The number of carboxylic acid groups (broad SMARTS) is 1. The van der Waals surface area contributed by atoms with E-state index >= 15 is 0 Å². The molecule has 0 aliphatic heterocycles. The summed E-state index contributed by atoms with van der Waals surface area (Å²) in [5, 5.41) is 10.5. The molecule has 2 rings (SSSR count). The van der Waals surface area contributed by atoms with E-state index in [9.17, 15) is 22.4 Å². The standard InChI is InChI=1S/C15H18FNO5S/c16-13-8-11(6-5-10(13)7-15(19)20)17-14(18)9-23(21,22)12-3-1-2-4-12/h5-6,8,12H,1-4,7,9H2,(H,17,18)(H,19,20). The summed E-state index contributed by atoms with van der Waals surface area (Å²) in [5.41, 5.74) is 0.0948. The molecule has 0 radical (unpaired) electrons. The van der Waals surface area contributed by atoms with Gasteiger partial charge in [0.25, 0.3) is 0 Å². The highest BCUT2D eigenvalue weighted by Crippen LogP contribution is 2.25. The maximum Gasteiger partial charge on any atom is 0.307 e. The number of rotatable bonds is 6. The SMILES string of the molecule is O=C(O)Cc1ccc(NC(=O)CS(=O)(=O)C2CCCC2)cc1F. The molecule has 1 aromatic rings. The van der Waals surface area contributed by atoms with Crippen LogP contribution in [0.1, 0.15) is 31.2 Å². The van der Waals surface area contributed by atoms with Gasteiger partial charge >= 0.3 is 5.97 Å². The fourth-order valence-electron chi connectivity index (χ4n) is 2.68. The van der Waals surface area contributed by atoms with Crippen molar-refractivity contribution in [1.82, 2.24) is 0 Å². The lowest BCUT2D eigenvalue weighted by atomic mass is 10.1. The van der Waals surface area contributed by atoms with E-state index in [0.717, 1.165) is 18.9 Å². The van der Waals surface area contributed by atoms with Crippen LogP contribution < -0.4 is 5.32 Å². The minimum atomic E-state index is -3.50. The van der Waals surface area contributed by atoms with Crippen LogP contribution in [-0.4, -0.2) is 36.4 Å². The van der Waals surface area contributed by atoms with Crippen molar-refractivity contribution in [3.05, 3.63) is 29.6 Å². The fourth-order valence-corrected chi connectivity index (χ4v) is 4.40. The van der Waals surface area contributed by atoms with Crippen molar-refractivity contribution in [3.8, 4) is 0 Å². The number of carbonyl (C=O) groups is 2. The predicted octanol–water partition coefficient (Wildman–Crippen LogP) is 1.75. The number of hydrogen-bond donors (Lipinski definition) is 2. The van der Waals surface area contributed by atoms with Gasteiger partial charge in [-0.25, -0.2) is 12.8 Å². The second kappa shape index (κ2) is 7.08. The summed E-state index contributed by atoms with van der Waals surface area (Å²) >= 11 is 0. The molecule has 1 fully saturated rings. The van der Waals surface area contributed by atoms with Crippen LogP contribution in [0.25, 0.3) is 0 Å². The third kappa shape index (κ3) is 4.75. The number of hydrogen-bond acceptors (Lipinski definition) is 4. The third-order valence-electron chi connectivity index (χ3n) is 3.82. The first-order chi connectivity index (χ1) is 10.8. The molecule has 0 saturated heterocycles. The zero-order valence-electron chi connectivity index (χ0n) is 12.4. The van der Waals surface area contributed by atoms with Crippen molar-refractivity contribution in [2.45, 2.75) is 37.4 Å². The molecule has 126 valence electrons. The first-order valence-electron chi connectivity index (χ1n) is 7.29. The number of benzene rings is 1. The van der Waals surface area contributed by atoms with Gasteiger partial charge in [0, 0.05) is 5.69 Å². The lowest BCUT2D eigenvalue weighted by Gasteiger charge is -2.11. The van der Waals surface area contributed by atoms with E-state index in [2.05, 4.69) is 5.32 Å². The van der Waals surface area contributed by atoms with Gasteiger partial charge < -0.3 is 10.4 Å². The first kappa shape index (κ1) is 17.4.